The molecule has 0 unspecified atom stereocenters. The number of alkyl halides is 1. The Labute approximate surface area is 96.8 Å². The Balaban J connectivity index is 2.58. The van der Waals surface area contributed by atoms with Gasteiger partial charge in [0.1, 0.15) is 5.88 Å². The summed E-state index contributed by atoms with van der Waals surface area (Å²) in [5, 5.41) is 0. The fourth-order valence-electron chi connectivity index (χ4n) is 1.66. The number of halogens is 1. The lowest BCUT2D eigenvalue weighted by Gasteiger charge is -2.12. The number of nitrogens with zero attached hydrogens (tertiary/aromatic N) is 1. The van der Waals surface area contributed by atoms with E-state index in [2.05, 4.69) is 0 Å². The zero-order valence-corrected chi connectivity index (χ0v) is 9.25. The number of aryl methyl sites for hydroxylation is 1. The van der Waals surface area contributed by atoms with Gasteiger partial charge in [-0.25, -0.2) is 4.90 Å². The average Bonchev–Trinajstić information content (AvgIpc) is 2.52. The summed E-state index contributed by atoms with van der Waals surface area (Å²) in [5.41, 5.74) is 1.45. The van der Waals surface area contributed by atoms with Gasteiger partial charge in [0.25, 0.3) is 5.78 Å². The van der Waals surface area contributed by atoms with Gasteiger partial charge < -0.3 is 0 Å². The van der Waals surface area contributed by atoms with Gasteiger partial charge in [-0.3, -0.25) is 14.4 Å². The van der Waals surface area contributed by atoms with Gasteiger partial charge in [0.15, 0.2) is 0 Å². The molecule has 0 radical (unpaired) electrons. The van der Waals surface area contributed by atoms with E-state index in [0.717, 1.165) is 10.5 Å². The van der Waals surface area contributed by atoms with Crippen molar-refractivity contribution in [2.75, 3.05) is 10.8 Å². The van der Waals surface area contributed by atoms with Crippen molar-refractivity contribution in [3.05, 3.63) is 29.3 Å². The van der Waals surface area contributed by atoms with Crippen LogP contribution in [0, 0.1) is 6.92 Å². The van der Waals surface area contributed by atoms with Crippen molar-refractivity contribution in [1.29, 1.82) is 0 Å². The number of amides is 2. The smallest absolute Gasteiger partial charge is 0.283 e. The third-order valence-electron chi connectivity index (χ3n) is 2.40. The highest BCUT2D eigenvalue weighted by atomic mass is 35.5. The van der Waals surface area contributed by atoms with Gasteiger partial charge in [0, 0.05) is 0 Å². The van der Waals surface area contributed by atoms with Crippen LogP contribution in [0.15, 0.2) is 18.2 Å². The summed E-state index contributed by atoms with van der Waals surface area (Å²) in [6, 6.07) is 4.91. The number of ketones is 1. The van der Waals surface area contributed by atoms with Gasteiger partial charge in [0.2, 0.25) is 5.91 Å². The van der Waals surface area contributed by atoms with Crippen LogP contribution < -0.4 is 4.90 Å². The Kier molecular flexibility index (Phi) is 2.52. The second-order valence-corrected chi connectivity index (χ2v) is 3.78. The Hall–Kier alpha value is -1.68. The minimum Gasteiger partial charge on any atom is -0.283 e. The van der Waals surface area contributed by atoms with Crippen molar-refractivity contribution in [3.8, 4) is 0 Å². The molecule has 0 aromatic heterocycles. The lowest BCUT2D eigenvalue weighted by molar-refractivity contribution is -0.122. The molecule has 2 amide bonds. The first-order chi connectivity index (χ1) is 7.56. The molecule has 0 aliphatic carbocycles. The quantitative estimate of drug-likeness (QED) is 0.546. The minimum absolute atomic E-state index is 0.267. The number of Topliss-reactive ketones (excluding diaryl/α,β-unsaturated/α-hetero) is 1. The molecule has 0 N–H and O–H groups in total. The molecule has 0 bridgehead atoms. The largest absolute Gasteiger partial charge is 0.306 e. The predicted molar refractivity (Wildman–Crippen MR) is 58.7 cm³/mol. The SMILES string of the molecule is Cc1ccc2c(c1)C(=O)C(=O)N2C(=O)CCl. The second-order valence-electron chi connectivity index (χ2n) is 3.52. The summed E-state index contributed by atoms with van der Waals surface area (Å²) in [6.07, 6.45) is 0. The Morgan fingerprint density at radius 3 is 2.69 bits per heavy atom. The van der Waals surface area contributed by atoms with Crippen LogP contribution in [0.5, 0.6) is 0 Å². The molecular formula is C11H8ClNO3. The number of hydrogen-bond donors (Lipinski definition) is 0. The molecule has 0 saturated heterocycles. The number of carbonyl (C=O) groups is 3. The number of fused-ring (bicyclic) bond motifs is 1. The minimum atomic E-state index is -0.828. The Morgan fingerprint density at radius 2 is 2.06 bits per heavy atom. The zero-order chi connectivity index (χ0) is 11.9. The normalized spacial score (nSPS) is 14.2. The molecule has 0 saturated carbocycles. The molecule has 1 aromatic carbocycles. The first-order valence-corrected chi connectivity index (χ1v) is 5.18. The monoisotopic (exact) mass is 237 g/mol. The maximum absolute atomic E-state index is 11.6. The van der Waals surface area contributed by atoms with E-state index < -0.39 is 17.6 Å². The van der Waals surface area contributed by atoms with E-state index in [1.54, 1.807) is 18.2 Å². The zero-order valence-electron chi connectivity index (χ0n) is 8.49. The third-order valence-corrected chi connectivity index (χ3v) is 2.63. The van der Waals surface area contributed by atoms with Crippen LogP contribution in [0.25, 0.3) is 0 Å². The molecule has 1 aliphatic heterocycles. The summed E-state index contributed by atoms with van der Waals surface area (Å²) in [6.45, 7) is 1.81. The van der Waals surface area contributed by atoms with Crippen molar-refractivity contribution in [2.24, 2.45) is 0 Å². The fourth-order valence-corrected chi connectivity index (χ4v) is 1.78. The summed E-state index contributed by atoms with van der Waals surface area (Å²) < 4.78 is 0. The van der Waals surface area contributed by atoms with E-state index in [9.17, 15) is 14.4 Å². The summed E-state index contributed by atoms with van der Waals surface area (Å²) in [4.78, 5) is 35.4. The van der Waals surface area contributed by atoms with E-state index in [4.69, 9.17) is 11.6 Å². The molecular weight excluding hydrogens is 230 g/mol. The van der Waals surface area contributed by atoms with Crippen molar-refractivity contribution < 1.29 is 14.4 Å². The molecule has 5 heteroatoms. The summed E-state index contributed by atoms with van der Waals surface area (Å²) in [7, 11) is 0. The highest BCUT2D eigenvalue weighted by Crippen LogP contribution is 2.29. The Morgan fingerprint density at radius 1 is 1.38 bits per heavy atom. The topological polar surface area (TPSA) is 54.5 Å². The van der Waals surface area contributed by atoms with Gasteiger partial charge >= 0.3 is 5.91 Å². The number of benzene rings is 1. The van der Waals surface area contributed by atoms with Gasteiger partial charge in [-0.2, -0.15) is 0 Å². The molecule has 0 spiro atoms. The van der Waals surface area contributed by atoms with Crippen molar-refractivity contribution in [3.63, 3.8) is 0 Å². The average molecular weight is 238 g/mol. The number of imide groups is 1. The van der Waals surface area contributed by atoms with Crippen LogP contribution in [0.3, 0.4) is 0 Å². The maximum atomic E-state index is 11.6. The molecule has 1 aliphatic rings. The van der Waals surface area contributed by atoms with Crippen molar-refractivity contribution in [1.82, 2.24) is 0 Å². The standard InChI is InChI=1S/C11H8ClNO3/c1-6-2-3-8-7(4-6)10(15)11(16)13(8)9(14)5-12/h2-4H,5H2,1H3. The van der Waals surface area contributed by atoms with Crippen molar-refractivity contribution in [2.45, 2.75) is 6.92 Å². The van der Waals surface area contributed by atoms with Gasteiger partial charge in [-0.15, -0.1) is 11.6 Å². The maximum Gasteiger partial charge on any atom is 0.306 e. The van der Waals surface area contributed by atoms with Crippen LogP contribution in [0.2, 0.25) is 0 Å². The van der Waals surface area contributed by atoms with Crippen LogP contribution in [-0.2, 0) is 9.59 Å². The molecule has 0 atom stereocenters. The van der Waals surface area contributed by atoms with Gasteiger partial charge in [-0.1, -0.05) is 11.6 Å². The van der Waals surface area contributed by atoms with Crippen molar-refractivity contribution >= 4 is 34.9 Å². The second kappa shape index (κ2) is 3.72. The molecule has 4 nitrogen and oxygen atoms in total. The van der Waals surface area contributed by atoms with Crippen LogP contribution in [0.1, 0.15) is 15.9 Å². The van der Waals surface area contributed by atoms with E-state index in [-0.39, 0.29) is 11.4 Å². The van der Waals surface area contributed by atoms with Crippen LogP contribution in [-0.4, -0.2) is 23.5 Å². The van der Waals surface area contributed by atoms with Gasteiger partial charge in [0.05, 0.1) is 11.3 Å². The molecule has 16 heavy (non-hydrogen) atoms. The number of rotatable bonds is 1. The summed E-state index contributed by atoms with van der Waals surface area (Å²) >= 11 is 5.39. The lowest BCUT2D eigenvalue weighted by Crippen LogP contribution is -2.36. The highest BCUT2D eigenvalue weighted by molar-refractivity contribution is 6.57. The fraction of sp³-hybridized carbons (Fsp3) is 0.182. The molecule has 0 fully saturated rings. The van der Waals surface area contributed by atoms with E-state index >= 15 is 0 Å². The number of carbonyl (C=O) groups excluding carboxylic acids is 3. The third kappa shape index (κ3) is 1.42. The Bertz CT molecular complexity index is 510. The molecule has 1 heterocycles. The highest BCUT2D eigenvalue weighted by Gasteiger charge is 2.39. The molecule has 82 valence electrons. The van der Waals surface area contributed by atoms with E-state index in [0.29, 0.717) is 5.69 Å². The predicted octanol–water partition coefficient (Wildman–Crippen LogP) is 1.29. The summed E-state index contributed by atoms with van der Waals surface area (Å²) in [5.74, 6) is -2.39. The molecule has 2 rings (SSSR count). The van der Waals surface area contributed by atoms with Gasteiger partial charge in [-0.05, 0) is 19.1 Å². The first kappa shape index (κ1) is 10.8. The lowest BCUT2D eigenvalue weighted by atomic mass is 10.1. The number of hydrogen-bond acceptors (Lipinski definition) is 3. The van der Waals surface area contributed by atoms with E-state index in [1.165, 1.54) is 0 Å². The number of anilines is 1. The van der Waals surface area contributed by atoms with E-state index in [1.807, 2.05) is 6.92 Å². The molecule has 1 aromatic rings. The van der Waals surface area contributed by atoms with Crippen LogP contribution >= 0.6 is 11.6 Å². The van der Waals surface area contributed by atoms with Crippen LogP contribution in [0.4, 0.5) is 5.69 Å². The first-order valence-electron chi connectivity index (χ1n) is 4.64.